The molecule has 0 aliphatic heterocycles. The lowest BCUT2D eigenvalue weighted by atomic mass is 10.3. The molecule has 2 aromatic rings. The van der Waals surface area contributed by atoms with Crippen LogP contribution < -0.4 is 11.5 Å². The van der Waals surface area contributed by atoms with Gasteiger partial charge in [0.15, 0.2) is 0 Å². The third-order valence-corrected chi connectivity index (χ3v) is 2.73. The molecule has 0 unspecified atom stereocenters. The summed E-state index contributed by atoms with van der Waals surface area (Å²) in [4.78, 5) is 16.2. The van der Waals surface area contributed by atoms with Crippen LogP contribution in [0, 0.1) is 6.92 Å². The van der Waals surface area contributed by atoms with Crippen molar-refractivity contribution in [2.75, 3.05) is 11.5 Å². The van der Waals surface area contributed by atoms with Gasteiger partial charge in [0.25, 0.3) is 0 Å². The molecule has 2 rings (SSSR count). The van der Waals surface area contributed by atoms with Crippen molar-refractivity contribution in [3.05, 3.63) is 23.5 Å². The molecule has 0 amide bonds. The number of rotatable bonds is 4. The van der Waals surface area contributed by atoms with Crippen molar-refractivity contribution in [3.8, 4) is 0 Å². The Labute approximate surface area is 105 Å². The summed E-state index contributed by atoms with van der Waals surface area (Å²) < 4.78 is 2.15. The molecule has 0 saturated carbocycles. The summed E-state index contributed by atoms with van der Waals surface area (Å²) >= 11 is 0. The number of nitrogens with two attached hydrogens (primary N) is 2. The molecular weight excluding hydrogens is 230 g/mol. The molecule has 0 bridgehead atoms. The summed E-state index contributed by atoms with van der Waals surface area (Å²) in [5.74, 6) is 1.99. The molecule has 4 N–H and O–H groups in total. The fraction of sp³-hybridized carbons (Fsp3) is 0.455. The maximum absolute atomic E-state index is 5.53. The predicted octanol–water partition coefficient (Wildman–Crippen LogP) is 0.346. The highest BCUT2D eigenvalue weighted by atomic mass is 15.1. The average molecular weight is 247 g/mol. The van der Waals surface area contributed by atoms with Gasteiger partial charge in [0.2, 0.25) is 11.9 Å². The lowest BCUT2D eigenvalue weighted by molar-refractivity contribution is 0.624. The molecule has 0 aromatic carbocycles. The Morgan fingerprint density at radius 1 is 1.17 bits per heavy atom. The van der Waals surface area contributed by atoms with Gasteiger partial charge in [0.1, 0.15) is 11.6 Å². The Kier molecular flexibility index (Phi) is 3.40. The van der Waals surface area contributed by atoms with Crippen LogP contribution >= 0.6 is 0 Å². The van der Waals surface area contributed by atoms with Crippen LogP contribution in [0.4, 0.5) is 11.9 Å². The number of aromatic nitrogens is 5. The first-order chi connectivity index (χ1) is 8.60. The second-order valence-electron chi connectivity index (χ2n) is 4.04. The first kappa shape index (κ1) is 12.3. The maximum atomic E-state index is 5.53. The third kappa shape index (κ3) is 2.55. The first-order valence-corrected chi connectivity index (χ1v) is 5.87. The van der Waals surface area contributed by atoms with Gasteiger partial charge in [-0.3, -0.25) is 0 Å². The molecule has 2 aromatic heterocycles. The van der Waals surface area contributed by atoms with Crippen molar-refractivity contribution in [2.24, 2.45) is 0 Å². The van der Waals surface area contributed by atoms with Crippen LogP contribution in [0.1, 0.15) is 24.3 Å². The van der Waals surface area contributed by atoms with E-state index in [1.807, 2.05) is 13.1 Å². The van der Waals surface area contributed by atoms with Crippen LogP contribution in [-0.2, 0) is 19.4 Å². The minimum atomic E-state index is 0.163. The van der Waals surface area contributed by atoms with Crippen LogP contribution in [0.2, 0.25) is 0 Å². The molecule has 2 heterocycles. The summed E-state index contributed by atoms with van der Waals surface area (Å²) in [6.45, 7) is 4.87. The largest absolute Gasteiger partial charge is 0.368 e. The Morgan fingerprint density at radius 2 is 1.83 bits per heavy atom. The van der Waals surface area contributed by atoms with Crippen molar-refractivity contribution < 1.29 is 0 Å². The maximum Gasteiger partial charge on any atom is 0.225 e. The van der Waals surface area contributed by atoms with Gasteiger partial charge >= 0.3 is 0 Å². The van der Waals surface area contributed by atoms with Crippen LogP contribution in [0.3, 0.4) is 0 Å². The molecule has 0 aliphatic rings. The second-order valence-corrected chi connectivity index (χ2v) is 4.04. The Hall–Kier alpha value is -2.18. The van der Waals surface area contributed by atoms with E-state index >= 15 is 0 Å². The lowest BCUT2D eigenvalue weighted by Gasteiger charge is -2.08. The number of anilines is 2. The predicted molar refractivity (Wildman–Crippen MR) is 68.7 cm³/mol. The van der Waals surface area contributed by atoms with Crippen molar-refractivity contribution in [1.29, 1.82) is 0 Å². The fourth-order valence-electron chi connectivity index (χ4n) is 1.88. The van der Waals surface area contributed by atoms with Crippen molar-refractivity contribution in [3.63, 3.8) is 0 Å². The van der Waals surface area contributed by atoms with Crippen LogP contribution in [0.15, 0.2) is 6.20 Å². The zero-order valence-electron chi connectivity index (χ0n) is 10.6. The van der Waals surface area contributed by atoms with Gasteiger partial charge in [-0.1, -0.05) is 6.92 Å². The zero-order chi connectivity index (χ0) is 13.1. The van der Waals surface area contributed by atoms with E-state index in [1.165, 1.54) is 0 Å². The third-order valence-electron chi connectivity index (χ3n) is 2.73. The highest BCUT2D eigenvalue weighted by Crippen LogP contribution is 2.07. The minimum absolute atomic E-state index is 0.163. The van der Waals surface area contributed by atoms with E-state index in [0.29, 0.717) is 12.2 Å². The Morgan fingerprint density at radius 3 is 2.44 bits per heavy atom. The fourth-order valence-corrected chi connectivity index (χ4v) is 1.88. The monoisotopic (exact) mass is 247 g/mol. The van der Waals surface area contributed by atoms with E-state index < -0.39 is 0 Å². The topological polar surface area (TPSA) is 109 Å². The molecular formula is C11H17N7. The molecule has 18 heavy (non-hydrogen) atoms. The number of imidazole rings is 1. The van der Waals surface area contributed by atoms with Gasteiger partial charge in [-0.25, -0.2) is 4.98 Å². The highest BCUT2D eigenvalue weighted by Gasteiger charge is 2.07. The average Bonchev–Trinajstić information content (AvgIpc) is 2.66. The van der Waals surface area contributed by atoms with Crippen molar-refractivity contribution >= 4 is 11.9 Å². The van der Waals surface area contributed by atoms with E-state index in [-0.39, 0.29) is 11.9 Å². The second kappa shape index (κ2) is 4.99. The molecule has 0 fully saturated rings. The molecule has 0 saturated heterocycles. The molecule has 0 spiro atoms. The SMILES string of the molecule is CCc1ncc(C)n1CCc1nc(N)nc(N)n1. The Bertz CT molecular complexity index is 526. The number of nitrogens with zero attached hydrogens (tertiary/aromatic N) is 5. The summed E-state index contributed by atoms with van der Waals surface area (Å²) in [6, 6.07) is 0. The van der Waals surface area contributed by atoms with Crippen LogP contribution in [-0.4, -0.2) is 24.5 Å². The van der Waals surface area contributed by atoms with E-state index in [2.05, 4.69) is 31.4 Å². The molecule has 0 atom stereocenters. The van der Waals surface area contributed by atoms with E-state index in [1.54, 1.807) is 0 Å². The van der Waals surface area contributed by atoms with E-state index in [9.17, 15) is 0 Å². The van der Waals surface area contributed by atoms with Gasteiger partial charge in [-0.15, -0.1) is 0 Å². The molecule has 96 valence electrons. The van der Waals surface area contributed by atoms with Gasteiger partial charge in [-0.05, 0) is 6.92 Å². The standard InChI is InChI=1S/C11H17N7/c1-3-9-14-6-7(2)18(9)5-4-8-15-10(12)17-11(13)16-8/h6H,3-5H2,1-2H3,(H4,12,13,15,16,17). The molecule has 7 heteroatoms. The normalized spacial score (nSPS) is 10.8. The smallest absolute Gasteiger partial charge is 0.225 e. The number of hydrogen-bond acceptors (Lipinski definition) is 6. The summed E-state index contributed by atoms with van der Waals surface area (Å²) in [6.07, 6.45) is 3.42. The van der Waals surface area contributed by atoms with Gasteiger partial charge in [0.05, 0.1) is 0 Å². The molecule has 7 nitrogen and oxygen atoms in total. The summed E-state index contributed by atoms with van der Waals surface area (Å²) in [7, 11) is 0. The Balaban J connectivity index is 2.13. The van der Waals surface area contributed by atoms with E-state index in [4.69, 9.17) is 11.5 Å². The summed E-state index contributed by atoms with van der Waals surface area (Å²) in [5.41, 5.74) is 12.2. The van der Waals surface area contributed by atoms with Crippen LogP contribution in [0.25, 0.3) is 0 Å². The van der Waals surface area contributed by atoms with Crippen molar-refractivity contribution in [1.82, 2.24) is 24.5 Å². The highest BCUT2D eigenvalue weighted by molar-refractivity contribution is 5.25. The number of aryl methyl sites for hydroxylation is 3. The zero-order valence-corrected chi connectivity index (χ0v) is 10.6. The van der Waals surface area contributed by atoms with Crippen molar-refractivity contribution in [2.45, 2.75) is 33.2 Å². The molecule has 0 aliphatic carbocycles. The quantitative estimate of drug-likeness (QED) is 0.806. The molecule has 0 radical (unpaired) electrons. The van der Waals surface area contributed by atoms with Gasteiger partial charge in [0, 0.05) is 31.3 Å². The van der Waals surface area contributed by atoms with Gasteiger partial charge < -0.3 is 16.0 Å². The summed E-state index contributed by atoms with van der Waals surface area (Å²) in [5, 5.41) is 0. The van der Waals surface area contributed by atoms with Gasteiger partial charge in [-0.2, -0.15) is 15.0 Å². The lowest BCUT2D eigenvalue weighted by Crippen LogP contribution is -2.12. The number of nitrogen functional groups attached to an aromatic ring is 2. The number of hydrogen-bond donors (Lipinski definition) is 2. The first-order valence-electron chi connectivity index (χ1n) is 5.87. The minimum Gasteiger partial charge on any atom is -0.368 e. The van der Waals surface area contributed by atoms with Crippen LogP contribution in [0.5, 0.6) is 0 Å². The van der Waals surface area contributed by atoms with E-state index in [0.717, 1.165) is 24.5 Å².